The summed E-state index contributed by atoms with van der Waals surface area (Å²) in [4.78, 5) is 25.8. The highest BCUT2D eigenvalue weighted by molar-refractivity contribution is 9.10. The Balaban J connectivity index is 2.19. The summed E-state index contributed by atoms with van der Waals surface area (Å²) in [5, 5.41) is 3.26. The fourth-order valence-electron chi connectivity index (χ4n) is 4.02. The van der Waals surface area contributed by atoms with Gasteiger partial charge in [-0.1, -0.05) is 54.6 Å². The largest absolute Gasteiger partial charge is 0.465 e. The standard InChI is InChI=1S/C21H24BrNO3/c1-5-26-20(25)17-12(2)23-15-10-21(3,4)11-16(24)19(15)18(17)13-8-6-7-9-14(13)22/h6-9,17-18,23H,2,5,10-11H2,1,3-4H3. The van der Waals surface area contributed by atoms with E-state index in [1.807, 2.05) is 24.3 Å². The van der Waals surface area contributed by atoms with E-state index in [2.05, 4.69) is 41.7 Å². The van der Waals surface area contributed by atoms with Crippen LogP contribution in [0, 0.1) is 11.3 Å². The maximum atomic E-state index is 13.1. The third kappa shape index (κ3) is 3.37. The van der Waals surface area contributed by atoms with Gasteiger partial charge in [0.05, 0.1) is 6.61 Å². The van der Waals surface area contributed by atoms with E-state index in [1.165, 1.54) is 0 Å². The highest BCUT2D eigenvalue weighted by Crippen LogP contribution is 2.49. The number of esters is 1. The van der Waals surface area contributed by atoms with E-state index in [0.717, 1.165) is 22.2 Å². The van der Waals surface area contributed by atoms with E-state index in [0.29, 0.717) is 17.7 Å². The minimum absolute atomic E-state index is 0.0892. The van der Waals surface area contributed by atoms with E-state index < -0.39 is 11.8 Å². The van der Waals surface area contributed by atoms with Gasteiger partial charge in [-0.05, 0) is 30.4 Å². The fourth-order valence-corrected chi connectivity index (χ4v) is 4.55. The number of hydrogen-bond acceptors (Lipinski definition) is 4. The first-order chi connectivity index (χ1) is 12.2. The van der Waals surface area contributed by atoms with Crippen LogP contribution < -0.4 is 5.32 Å². The molecule has 0 bridgehead atoms. The van der Waals surface area contributed by atoms with Crippen molar-refractivity contribution in [1.29, 1.82) is 0 Å². The molecule has 1 aliphatic carbocycles. The zero-order chi connectivity index (χ0) is 19.1. The second-order valence-electron chi connectivity index (χ2n) is 7.71. The lowest BCUT2D eigenvalue weighted by molar-refractivity contribution is -0.147. The summed E-state index contributed by atoms with van der Waals surface area (Å²) in [6.07, 6.45) is 1.22. The van der Waals surface area contributed by atoms with E-state index in [9.17, 15) is 9.59 Å². The Kier molecular flexibility index (Phi) is 5.11. The van der Waals surface area contributed by atoms with Gasteiger partial charge in [0.2, 0.25) is 0 Å². The molecule has 2 unspecified atom stereocenters. The van der Waals surface area contributed by atoms with Crippen LogP contribution in [0.1, 0.15) is 45.1 Å². The van der Waals surface area contributed by atoms with Gasteiger partial charge < -0.3 is 10.1 Å². The van der Waals surface area contributed by atoms with Gasteiger partial charge in [-0.25, -0.2) is 0 Å². The Morgan fingerprint density at radius 2 is 2.04 bits per heavy atom. The number of carbonyl (C=O) groups excluding carboxylic acids is 2. The predicted octanol–water partition coefficient (Wildman–Crippen LogP) is 4.47. The maximum Gasteiger partial charge on any atom is 0.315 e. The fraction of sp³-hybridized carbons (Fsp3) is 0.429. The van der Waals surface area contributed by atoms with Crippen LogP contribution in [0.25, 0.3) is 0 Å². The predicted molar refractivity (Wildman–Crippen MR) is 104 cm³/mol. The van der Waals surface area contributed by atoms with Gasteiger partial charge in [-0.15, -0.1) is 0 Å². The first kappa shape index (κ1) is 18.9. The molecule has 138 valence electrons. The van der Waals surface area contributed by atoms with Gasteiger partial charge in [0.15, 0.2) is 5.78 Å². The van der Waals surface area contributed by atoms with Gasteiger partial charge in [-0.2, -0.15) is 0 Å². The van der Waals surface area contributed by atoms with Gasteiger partial charge >= 0.3 is 5.97 Å². The van der Waals surface area contributed by atoms with E-state index in [4.69, 9.17) is 4.74 Å². The highest BCUT2D eigenvalue weighted by atomic mass is 79.9. The van der Waals surface area contributed by atoms with Crippen molar-refractivity contribution < 1.29 is 14.3 Å². The molecular formula is C21H24BrNO3. The number of allylic oxidation sites excluding steroid dienone is 2. The van der Waals surface area contributed by atoms with Gasteiger partial charge in [0.1, 0.15) is 5.92 Å². The Bertz CT molecular complexity index is 809. The molecule has 0 saturated heterocycles. The van der Waals surface area contributed by atoms with Gasteiger partial charge in [0.25, 0.3) is 0 Å². The molecule has 0 radical (unpaired) electrons. The first-order valence-corrected chi connectivity index (χ1v) is 9.67. The smallest absolute Gasteiger partial charge is 0.315 e. The van der Waals surface area contributed by atoms with Crippen molar-refractivity contribution >= 4 is 27.7 Å². The van der Waals surface area contributed by atoms with Gasteiger partial charge in [0, 0.05) is 33.8 Å². The molecule has 1 heterocycles. The average Bonchev–Trinajstić information content (AvgIpc) is 2.53. The number of ketones is 1. The van der Waals surface area contributed by atoms with Crippen molar-refractivity contribution in [3.63, 3.8) is 0 Å². The third-order valence-corrected chi connectivity index (χ3v) is 5.75. The molecule has 2 atom stereocenters. The molecule has 2 aliphatic rings. The second-order valence-corrected chi connectivity index (χ2v) is 8.57. The lowest BCUT2D eigenvalue weighted by Crippen LogP contribution is -2.43. The van der Waals surface area contributed by atoms with Crippen LogP contribution >= 0.6 is 15.9 Å². The number of nitrogens with one attached hydrogen (secondary N) is 1. The topological polar surface area (TPSA) is 55.4 Å². The van der Waals surface area contributed by atoms with Crippen LogP contribution in [-0.4, -0.2) is 18.4 Å². The van der Waals surface area contributed by atoms with E-state index >= 15 is 0 Å². The second kappa shape index (κ2) is 7.03. The minimum atomic E-state index is -0.627. The van der Waals surface area contributed by atoms with Crippen LogP contribution in [0.5, 0.6) is 0 Å². The number of hydrogen-bond donors (Lipinski definition) is 1. The van der Waals surface area contributed by atoms with Crippen molar-refractivity contribution in [2.45, 2.75) is 39.5 Å². The SMILES string of the molecule is C=C1NC2=C(C(=O)CC(C)(C)C2)C(c2ccccc2Br)C1C(=O)OCC. The maximum absolute atomic E-state index is 13.1. The molecule has 1 aromatic rings. The first-order valence-electron chi connectivity index (χ1n) is 8.88. The van der Waals surface area contributed by atoms with Crippen LogP contribution in [0.3, 0.4) is 0 Å². The van der Waals surface area contributed by atoms with E-state index in [-0.39, 0.29) is 23.8 Å². The minimum Gasteiger partial charge on any atom is -0.465 e. The number of halogens is 1. The Morgan fingerprint density at radius 1 is 1.35 bits per heavy atom. The van der Waals surface area contributed by atoms with Crippen LogP contribution in [0.2, 0.25) is 0 Å². The van der Waals surface area contributed by atoms with Crippen molar-refractivity contribution in [3.05, 3.63) is 57.8 Å². The number of ether oxygens (including phenoxy) is 1. The zero-order valence-corrected chi connectivity index (χ0v) is 17.0. The molecule has 0 amide bonds. The molecular weight excluding hydrogens is 394 g/mol. The molecule has 4 nitrogen and oxygen atoms in total. The monoisotopic (exact) mass is 417 g/mol. The van der Waals surface area contributed by atoms with Crippen molar-refractivity contribution in [2.24, 2.45) is 11.3 Å². The summed E-state index contributed by atoms with van der Waals surface area (Å²) < 4.78 is 6.18. The molecule has 5 heteroatoms. The zero-order valence-electron chi connectivity index (χ0n) is 15.4. The lowest BCUT2D eigenvalue weighted by Gasteiger charge is -2.42. The van der Waals surface area contributed by atoms with Crippen LogP contribution in [-0.2, 0) is 14.3 Å². The highest BCUT2D eigenvalue weighted by Gasteiger charge is 2.47. The normalized spacial score (nSPS) is 24.8. The molecule has 0 fully saturated rings. The number of benzene rings is 1. The van der Waals surface area contributed by atoms with Crippen LogP contribution in [0.15, 0.2) is 52.3 Å². The summed E-state index contributed by atoms with van der Waals surface area (Å²) in [7, 11) is 0. The summed E-state index contributed by atoms with van der Waals surface area (Å²) in [6, 6.07) is 7.73. The number of rotatable bonds is 3. The molecule has 26 heavy (non-hydrogen) atoms. The molecule has 1 aromatic carbocycles. The Labute approximate surface area is 162 Å². The number of Topliss-reactive ketones (excluding diaryl/α,β-unsaturated/α-hetero) is 1. The average molecular weight is 418 g/mol. The van der Waals surface area contributed by atoms with Crippen molar-refractivity contribution in [2.75, 3.05) is 6.61 Å². The summed E-state index contributed by atoms with van der Waals surface area (Å²) in [5.41, 5.74) is 2.97. The van der Waals surface area contributed by atoms with Crippen LogP contribution in [0.4, 0.5) is 0 Å². The lowest BCUT2D eigenvalue weighted by atomic mass is 9.66. The van der Waals surface area contributed by atoms with Gasteiger partial charge in [-0.3, -0.25) is 9.59 Å². The Morgan fingerprint density at radius 3 is 2.69 bits per heavy atom. The van der Waals surface area contributed by atoms with Crippen molar-refractivity contribution in [1.82, 2.24) is 5.32 Å². The summed E-state index contributed by atoms with van der Waals surface area (Å²) >= 11 is 3.59. The molecule has 1 aliphatic heterocycles. The number of carbonyl (C=O) groups is 2. The molecule has 1 N–H and O–H groups in total. The Hall–Kier alpha value is -1.88. The van der Waals surface area contributed by atoms with E-state index in [1.54, 1.807) is 6.92 Å². The molecule has 0 aromatic heterocycles. The summed E-state index contributed by atoms with van der Waals surface area (Å²) in [5.74, 6) is -1.28. The molecule has 3 rings (SSSR count). The quantitative estimate of drug-likeness (QED) is 0.736. The third-order valence-electron chi connectivity index (χ3n) is 5.03. The summed E-state index contributed by atoms with van der Waals surface area (Å²) in [6.45, 7) is 10.3. The molecule has 0 spiro atoms. The molecule has 0 saturated carbocycles. The van der Waals surface area contributed by atoms with Crippen molar-refractivity contribution in [3.8, 4) is 0 Å².